The Bertz CT molecular complexity index is 463. The normalized spacial score (nSPS) is 11.4. The number of hydrogen-bond acceptors (Lipinski definition) is 2. The van der Waals surface area contributed by atoms with Crippen LogP contribution in [0.1, 0.15) is 38.7 Å². The Balaban J connectivity index is 2.57. The molecule has 0 bridgehead atoms. The van der Waals surface area contributed by atoms with Crippen molar-refractivity contribution in [2.75, 3.05) is 13.2 Å². The lowest BCUT2D eigenvalue weighted by atomic mass is 10.1. The molecule has 0 aromatic heterocycles. The molecule has 1 rings (SSSR count). The van der Waals surface area contributed by atoms with E-state index in [-0.39, 0.29) is 12.0 Å². The van der Waals surface area contributed by atoms with E-state index in [1.54, 1.807) is 0 Å². The van der Waals surface area contributed by atoms with Gasteiger partial charge in [0, 0.05) is 13.2 Å². The van der Waals surface area contributed by atoms with Crippen molar-refractivity contribution in [1.82, 2.24) is 0 Å². The molecule has 1 radical (unpaired) electrons. The van der Waals surface area contributed by atoms with Gasteiger partial charge in [0.1, 0.15) is 0 Å². The second-order valence-electron chi connectivity index (χ2n) is 4.88. The lowest BCUT2D eigenvalue weighted by molar-refractivity contribution is 0.196. The van der Waals surface area contributed by atoms with Gasteiger partial charge in [-0.2, -0.15) is 0 Å². The summed E-state index contributed by atoms with van der Waals surface area (Å²) in [6.45, 7) is 5.15. The third-order valence-electron chi connectivity index (χ3n) is 2.94. The molecule has 7 heteroatoms. The van der Waals surface area contributed by atoms with E-state index in [2.05, 4.69) is 0 Å². The minimum atomic E-state index is -1.77. The first-order chi connectivity index (χ1) is 10.5. The Kier molecular flexibility index (Phi) is 8.66. The molecule has 0 aliphatic carbocycles. The van der Waals surface area contributed by atoms with E-state index in [1.165, 1.54) is 0 Å². The van der Waals surface area contributed by atoms with E-state index < -0.39 is 32.6 Å². The average molecular weight is 337 g/mol. The zero-order chi connectivity index (χ0) is 16.5. The molecule has 22 heavy (non-hydrogen) atoms. The second kappa shape index (κ2) is 9.97. The van der Waals surface area contributed by atoms with Crippen molar-refractivity contribution in [3.05, 3.63) is 34.9 Å². The fourth-order valence-corrected chi connectivity index (χ4v) is 3.55. The number of halogens is 4. The fourth-order valence-electron chi connectivity index (χ4n) is 1.84. The zero-order valence-electron chi connectivity index (χ0n) is 12.9. The van der Waals surface area contributed by atoms with Crippen LogP contribution in [0.15, 0.2) is 6.07 Å². The lowest BCUT2D eigenvalue weighted by Crippen LogP contribution is -2.24. The summed E-state index contributed by atoms with van der Waals surface area (Å²) in [5.41, 5.74) is -0.163. The molecule has 0 saturated heterocycles. The number of rotatable bonds is 10. The standard InChI is InChI=1S/C15H21F4O2Si/c1-3-7-20-22(21-8-4-2)9-5-6-11-10-12(16)14(18)15(19)13(11)17/h10H,3-9H2,1-2H3. The van der Waals surface area contributed by atoms with Crippen molar-refractivity contribution in [2.24, 2.45) is 0 Å². The number of hydrogen-bond donors (Lipinski definition) is 0. The van der Waals surface area contributed by atoms with Crippen LogP contribution in [0.25, 0.3) is 0 Å². The third-order valence-corrected chi connectivity index (χ3v) is 4.75. The molecule has 0 aliphatic rings. The SMILES string of the molecule is CCCO[Si](CCCc1cc(F)c(F)c(F)c1F)OCCC. The molecule has 0 atom stereocenters. The molecule has 0 aliphatic heterocycles. The van der Waals surface area contributed by atoms with Gasteiger partial charge >= 0.3 is 9.28 Å². The topological polar surface area (TPSA) is 18.5 Å². The minimum Gasteiger partial charge on any atom is -0.393 e. The maximum Gasteiger partial charge on any atom is 0.384 e. The summed E-state index contributed by atoms with van der Waals surface area (Å²) < 4.78 is 63.9. The summed E-state index contributed by atoms with van der Waals surface area (Å²) in [6.07, 6.45) is 2.31. The van der Waals surface area contributed by atoms with Crippen molar-refractivity contribution in [2.45, 2.75) is 45.6 Å². The second-order valence-corrected chi connectivity index (χ2v) is 6.70. The maximum atomic E-state index is 13.5. The molecule has 1 aromatic carbocycles. The van der Waals surface area contributed by atoms with Gasteiger partial charge in [0.25, 0.3) is 0 Å². The molecule has 1 aromatic rings. The van der Waals surface area contributed by atoms with Gasteiger partial charge in [-0.25, -0.2) is 17.6 Å². The molecule has 0 heterocycles. The van der Waals surface area contributed by atoms with Gasteiger partial charge < -0.3 is 8.85 Å². The van der Waals surface area contributed by atoms with Gasteiger partial charge in [0.15, 0.2) is 23.3 Å². The number of aryl methyl sites for hydroxylation is 1. The molecule has 0 N–H and O–H groups in total. The molecule has 125 valence electrons. The van der Waals surface area contributed by atoms with Crippen molar-refractivity contribution < 1.29 is 26.4 Å². The van der Waals surface area contributed by atoms with Gasteiger partial charge in [-0.15, -0.1) is 0 Å². The molecular weight excluding hydrogens is 316 g/mol. The van der Waals surface area contributed by atoms with Gasteiger partial charge in [-0.1, -0.05) is 13.8 Å². The Morgan fingerprint density at radius 1 is 0.909 bits per heavy atom. The fraction of sp³-hybridized carbons (Fsp3) is 0.600. The Labute approximate surface area is 130 Å². The summed E-state index contributed by atoms with van der Waals surface area (Å²) in [7, 11) is -1.46. The van der Waals surface area contributed by atoms with Crippen LogP contribution in [0, 0.1) is 23.3 Å². The zero-order valence-corrected chi connectivity index (χ0v) is 13.9. The highest BCUT2D eigenvalue weighted by atomic mass is 28.3. The molecule has 0 amide bonds. The van der Waals surface area contributed by atoms with Crippen LogP contribution in [0.4, 0.5) is 17.6 Å². The smallest absolute Gasteiger partial charge is 0.384 e. The predicted octanol–water partition coefficient (Wildman–Crippen LogP) is 4.52. The Morgan fingerprint density at radius 2 is 1.50 bits per heavy atom. The molecular formula is C15H21F4O2Si. The van der Waals surface area contributed by atoms with E-state index in [0.717, 1.165) is 12.8 Å². The highest BCUT2D eigenvalue weighted by Crippen LogP contribution is 2.20. The van der Waals surface area contributed by atoms with E-state index in [1.807, 2.05) is 13.8 Å². The maximum absolute atomic E-state index is 13.5. The molecule has 0 unspecified atom stereocenters. The number of benzene rings is 1. The average Bonchev–Trinajstić information content (AvgIpc) is 2.52. The molecule has 0 saturated carbocycles. The third kappa shape index (κ3) is 5.70. The Morgan fingerprint density at radius 3 is 2.05 bits per heavy atom. The summed E-state index contributed by atoms with van der Waals surface area (Å²) in [6, 6.07) is 1.28. The van der Waals surface area contributed by atoms with Crippen molar-refractivity contribution in [3.63, 3.8) is 0 Å². The first-order valence-electron chi connectivity index (χ1n) is 7.44. The Hall–Kier alpha value is -0.923. The van der Waals surface area contributed by atoms with E-state index in [4.69, 9.17) is 8.85 Å². The quantitative estimate of drug-likeness (QED) is 0.270. The van der Waals surface area contributed by atoms with Crippen molar-refractivity contribution in [3.8, 4) is 0 Å². The van der Waals surface area contributed by atoms with Gasteiger partial charge in [-0.05, 0) is 43.4 Å². The monoisotopic (exact) mass is 337 g/mol. The van der Waals surface area contributed by atoms with Crippen LogP contribution in [0.5, 0.6) is 0 Å². The molecule has 0 spiro atoms. The molecule has 2 nitrogen and oxygen atoms in total. The van der Waals surface area contributed by atoms with Crippen molar-refractivity contribution >= 4 is 9.28 Å². The predicted molar refractivity (Wildman–Crippen MR) is 77.6 cm³/mol. The van der Waals surface area contributed by atoms with E-state index in [0.29, 0.717) is 31.7 Å². The van der Waals surface area contributed by atoms with Crippen LogP contribution in [-0.4, -0.2) is 22.5 Å². The highest BCUT2D eigenvalue weighted by Gasteiger charge is 2.20. The van der Waals surface area contributed by atoms with Gasteiger partial charge in [-0.3, -0.25) is 0 Å². The summed E-state index contributed by atoms with van der Waals surface area (Å²) in [4.78, 5) is 0. The van der Waals surface area contributed by atoms with Crippen LogP contribution >= 0.6 is 0 Å². The summed E-state index contributed by atoms with van der Waals surface area (Å²) in [5.74, 6) is -6.23. The lowest BCUT2D eigenvalue weighted by Gasteiger charge is -2.14. The minimum absolute atomic E-state index is 0.110. The van der Waals surface area contributed by atoms with E-state index >= 15 is 0 Å². The van der Waals surface area contributed by atoms with E-state index in [9.17, 15) is 17.6 Å². The molecule has 0 fully saturated rings. The van der Waals surface area contributed by atoms with Gasteiger partial charge in [0.2, 0.25) is 0 Å². The first-order valence-corrected chi connectivity index (χ1v) is 8.96. The first kappa shape index (κ1) is 19.1. The summed E-state index contributed by atoms with van der Waals surface area (Å²) >= 11 is 0. The highest BCUT2D eigenvalue weighted by molar-refractivity contribution is 6.44. The largest absolute Gasteiger partial charge is 0.393 e. The van der Waals surface area contributed by atoms with Crippen molar-refractivity contribution in [1.29, 1.82) is 0 Å². The van der Waals surface area contributed by atoms with Crippen LogP contribution in [-0.2, 0) is 15.3 Å². The summed E-state index contributed by atoms with van der Waals surface area (Å²) in [5, 5.41) is 0. The van der Waals surface area contributed by atoms with Crippen LogP contribution < -0.4 is 0 Å². The van der Waals surface area contributed by atoms with Crippen LogP contribution in [0.2, 0.25) is 6.04 Å². The van der Waals surface area contributed by atoms with Crippen LogP contribution in [0.3, 0.4) is 0 Å². The van der Waals surface area contributed by atoms with Gasteiger partial charge in [0.05, 0.1) is 0 Å².